The first-order chi connectivity index (χ1) is 35.8. The summed E-state index contributed by atoms with van der Waals surface area (Å²) in [6, 6.07) is 54.8. The standard InChI is InChI=1S/C38H30N3O.C22H16F3N2.Ir/c1-23(2)26-14-10-15-27(24(3)4)35(26)41-34-19-9-8-18-33(34)40-38(41)31-17-11-16-29-30-21-20-28(25-12-6-5-7-13-25)32(22-39)37(30)42-36(29)31;1-14-6-5-7-15(2)20(14)27-19-9-4-3-8-18(19)26-21(27)16-10-12-17(13-11-16)22(23,24)25;/h5-16,18-21,23-24H,1-4H3;3-10,12-13H,1-2H3;/q2*-1;/i;1D3,2D3;. The molecule has 6 nitrogen and oxygen atoms in total. The van der Waals surface area contributed by atoms with E-state index in [0.29, 0.717) is 39.6 Å². The van der Waals surface area contributed by atoms with E-state index in [1.807, 2.05) is 54.6 Å². The predicted octanol–water partition coefficient (Wildman–Crippen LogP) is 16.3. The molecule has 11 aromatic rings. The fourth-order valence-corrected chi connectivity index (χ4v) is 9.09. The van der Waals surface area contributed by atoms with E-state index in [2.05, 4.69) is 97.9 Å². The molecular weight excluding hydrogens is 1060 g/mol. The molecule has 3 heterocycles. The van der Waals surface area contributed by atoms with Crippen molar-refractivity contribution in [3.63, 3.8) is 0 Å². The van der Waals surface area contributed by atoms with Gasteiger partial charge < -0.3 is 13.6 Å². The van der Waals surface area contributed by atoms with Crippen LogP contribution in [-0.2, 0) is 26.3 Å². The summed E-state index contributed by atoms with van der Waals surface area (Å²) >= 11 is 0. The quantitative estimate of drug-likeness (QED) is 0.149. The molecule has 3 aromatic heterocycles. The molecule has 0 saturated heterocycles. The minimum atomic E-state index is -4.56. The summed E-state index contributed by atoms with van der Waals surface area (Å²) in [5.41, 5.74) is 9.58. The average Bonchev–Trinajstić information content (AvgIpc) is 4.26. The van der Waals surface area contributed by atoms with Gasteiger partial charge in [-0.3, -0.25) is 9.97 Å². The molecular formula is C60H46F3IrN5O-2. The minimum Gasteiger partial charge on any atom is -0.499 e. The Kier molecular flexibility index (Phi) is 11.0. The SMILES string of the molecule is CC(C)c1cccc(C(C)C)c1-n1c(-c2[c-]ccc3c2oc2c(C#N)c(-c4ccccc4)ccc23)nc2ccccc21.[2H]C([2H])([2H])c1cccc(C([2H])([2H])[2H])c1-n1c(-c2[c-]cc(C(F)(F)F)cc2)nc2ccccc21.[Ir]. The van der Waals surface area contributed by atoms with E-state index in [4.69, 9.17) is 17.6 Å². The number of rotatable bonds is 7. The van der Waals surface area contributed by atoms with Gasteiger partial charge in [0, 0.05) is 50.7 Å². The van der Waals surface area contributed by atoms with Crippen molar-refractivity contribution in [3.05, 3.63) is 203 Å². The number of hydrogen-bond acceptors (Lipinski definition) is 4. The maximum absolute atomic E-state index is 13.0. The van der Waals surface area contributed by atoms with Gasteiger partial charge in [-0.2, -0.15) is 18.4 Å². The van der Waals surface area contributed by atoms with Crippen LogP contribution in [0.25, 0.3) is 89.3 Å². The number of imidazole rings is 2. The van der Waals surface area contributed by atoms with Crippen LogP contribution in [0.5, 0.6) is 0 Å². The summed E-state index contributed by atoms with van der Waals surface area (Å²) in [5, 5.41) is 12.2. The largest absolute Gasteiger partial charge is 0.499 e. The molecule has 0 saturated carbocycles. The fourth-order valence-electron chi connectivity index (χ4n) is 9.09. The molecule has 349 valence electrons. The molecule has 0 bridgehead atoms. The number of aryl methyl sites for hydroxylation is 2. The number of aromatic nitrogens is 4. The second kappa shape index (κ2) is 19.1. The monoisotopic (exact) mass is 1110 g/mol. The summed E-state index contributed by atoms with van der Waals surface area (Å²) in [5.74, 6) is 1.48. The topological polar surface area (TPSA) is 72.6 Å². The molecule has 70 heavy (non-hydrogen) atoms. The molecule has 0 aliphatic rings. The summed E-state index contributed by atoms with van der Waals surface area (Å²) in [7, 11) is 0. The first-order valence-electron chi connectivity index (χ1n) is 25.4. The maximum atomic E-state index is 13.0. The van der Waals surface area contributed by atoms with E-state index in [-0.39, 0.29) is 48.3 Å². The Balaban J connectivity index is 0.000000189. The molecule has 0 amide bonds. The molecule has 0 fully saturated rings. The summed E-state index contributed by atoms with van der Waals surface area (Å²) in [6.45, 7) is 3.62. The summed E-state index contributed by atoms with van der Waals surface area (Å²) in [4.78, 5) is 9.68. The zero-order valence-corrected chi connectivity index (χ0v) is 40.7. The Bertz CT molecular complexity index is 3940. The summed E-state index contributed by atoms with van der Waals surface area (Å²) < 4.78 is 97.3. The third-order valence-corrected chi connectivity index (χ3v) is 12.3. The van der Waals surface area contributed by atoms with Gasteiger partial charge in [0.2, 0.25) is 0 Å². The number of fused-ring (bicyclic) bond motifs is 5. The third-order valence-electron chi connectivity index (χ3n) is 12.3. The molecule has 8 aromatic carbocycles. The number of benzene rings is 8. The first-order valence-corrected chi connectivity index (χ1v) is 22.4. The van der Waals surface area contributed by atoms with Crippen molar-refractivity contribution in [2.45, 2.75) is 59.4 Å². The number of furan rings is 1. The maximum Gasteiger partial charge on any atom is 0.381 e. The molecule has 0 spiro atoms. The number of alkyl halides is 3. The van der Waals surface area contributed by atoms with Gasteiger partial charge in [-0.1, -0.05) is 142 Å². The summed E-state index contributed by atoms with van der Waals surface area (Å²) in [6.07, 6.45) is -4.56. The van der Waals surface area contributed by atoms with Gasteiger partial charge in [-0.05, 0) is 83.2 Å². The van der Waals surface area contributed by atoms with E-state index in [0.717, 1.165) is 62.1 Å². The predicted molar refractivity (Wildman–Crippen MR) is 271 cm³/mol. The molecule has 11 rings (SSSR count). The number of para-hydroxylation sites is 6. The Morgan fingerprint density at radius 1 is 0.629 bits per heavy atom. The normalized spacial score (nSPS) is 13.3. The van der Waals surface area contributed by atoms with Gasteiger partial charge in [-0.15, -0.1) is 48.0 Å². The molecule has 0 aliphatic heterocycles. The second-order valence-electron chi connectivity index (χ2n) is 17.3. The van der Waals surface area contributed by atoms with Gasteiger partial charge >= 0.3 is 6.18 Å². The van der Waals surface area contributed by atoms with Crippen LogP contribution in [0.4, 0.5) is 13.2 Å². The molecule has 0 atom stereocenters. The van der Waals surface area contributed by atoms with E-state index >= 15 is 0 Å². The molecule has 0 unspecified atom stereocenters. The van der Waals surface area contributed by atoms with Crippen molar-refractivity contribution < 1.29 is 45.9 Å². The van der Waals surface area contributed by atoms with E-state index in [1.165, 1.54) is 40.0 Å². The third kappa shape index (κ3) is 8.40. The van der Waals surface area contributed by atoms with Crippen LogP contribution in [0, 0.1) is 37.2 Å². The minimum absolute atomic E-state index is 0. The molecule has 0 N–H and O–H groups in total. The number of nitrogens with zero attached hydrogens (tertiary/aromatic N) is 5. The van der Waals surface area contributed by atoms with Crippen molar-refractivity contribution >= 4 is 44.0 Å². The second-order valence-corrected chi connectivity index (χ2v) is 17.3. The van der Waals surface area contributed by atoms with E-state index in [9.17, 15) is 18.4 Å². The van der Waals surface area contributed by atoms with Gasteiger partial charge in [0.05, 0.1) is 39.3 Å². The number of hydrogen-bond donors (Lipinski definition) is 0. The van der Waals surface area contributed by atoms with Crippen molar-refractivity contribution in [1.82, 2.24) is 19.1 Å². The van der Waals surface area contributed by atoms with Crippen molar-refractivity contribution in [1.29, 1.82) is 5.26 Å². The van der Waals surface area contributed by atoms with Gasteiger partial charge in [0.25, 0.3) is 0 Å². The van der Waals surface area contributed by atoms with Crippen LogP contribution in [0.15, 0.2) is 162 Å². The Morgan fingerprint density at radius 3 is 1.80 bits per heavy atom. The molecule has 10 heteroatoms. The van der Waals surface area contributed by atoms with Gasteiger partial charge in [0.15, 0.2) is 0 Å². The van der Waals surface area contributed by atoms with Crippen molar-refractivity contribution in [2.75, 3.05) is 0 Å². The van der Waals surface area contributed by atoms with Crippen molar-refractivity contribution in [3.8, 4) is 51.3 Å². The van der Waals surface area contributed by atoms with Crippen LogP contribution >= 0.6 is 0 Å². The average molecular weight is 1110 g/mol. The zero-order chi connectivity index (χ0) is 53.1. The Hall–Kier alpha value is -7.57. The van der Waals surface area contributed by atoms with E-state index in [1.54, 1.807) is 24.3 Å². The Labute approximate surface area is 426 Å². The molecule has 1 radical (unpaired) electrons. The smallest absolute Gasteiger partial charge is 0.381 e. The van der Waals surface area contributed by atoms with Crippen LogP contribution in [0.1, 0.15) is 81.1 Å². The first kappa shape index (κ1) is 40.3. The zero-order valence-electron chi connectivity index (χ0n) is 44.3. The van der Waals surface area contributed by atoms with Gasteiger partial charge in [0.1, 0.15) is 17.2 Å². The van der Waals surface area contributed by atoms with Crippen LogP contribution < -0.4 is 0 Å². The van der Waals surface area contributed by atoms with Crippen LogP contribution in [-0.4, -0.2) is 19.1 Å². The van der Waals surface area contributed by atoms with Crippen LogP contribution in [0.2, 0.25) is 0 Å². The van der Waals surface area contributed by atoms with Crippen LogP contribution in [0.3, 0.4) is 0 Å². The van der Waals surface area contributed by atoms with E-state index < -0.39 is 25.4 Å². The number of halogens is 3. The molecule has 0 aliphatic carbocycles. The Morgan fingerprint density at radius 2 is 1.21 bits per heavy atom. The fraction of sp³-hybridized carbons (Fsp3) is 0.150. The number of nitriles is 1. The van der Waals surface area contributed by atoms with Crippen molar-refractivity contribution in [2.24, 2.45) is 0 Å². The van der Waals surface area contributed by atoms with Gasteiger partial charge in [-0.25, -0.2) is 0 Å².